The third-order valence-electron chi connectivity index (χ3n) is 4.27. The van der Waals surface area contributed by atoms with Gasteiger partial charge in [0.1, 0.15) is 23.9 Å². The summed E-state index contributed by atoms with van der Waals surface area (Å²) >= 11 is 0. The molecule has 29 heavy (non-hydrogen) atoms. The van der Waals surface area contributed by atoms with E-state index in [0.717, 1.165) is 10.2 Å². The van der Waals surface area contributed by atoms with Crippen molar-refractivity contribution in [2.75, 3.05) is 14.2 Å². The van der Waals surface area contributed by atoms with Gasteiger partial charge in [0.15, 0.2) is 0 Å². The zero-order valence-corrected chi connectivity index (χ0v) is 16.1. The molecule has 9 heteroatoms. The largest absolute Gasteiger partial charge is 0.497 e. The number of rotatable bonds is 7. The molecule has 0 saturated heterocycles. The fourth-order valence-electron chi connectivity index (χ4n) is 2.79. The van der Waals surface area contributed by atoms with Crippen LogP contribution in [0, 0.1) is 5.82 Å². The van der Waals surface area contributed by atoms with E-state index in [4.69, 9.17) is 13.9 Å². The van der Waals surface area contributed by atoms with Crippen molar-refractivity contribution in [3.63, 3.8) is 0 Å². The Kier molecular flexibility index (Phi) is 5.96. The lowest BCUT2D eigenvalue weighted by atomic mass is 10.1. The molecule has 0 radical (unpaired) electrons. The van der Waals surface area contributed by atoms with E-state index >= 15 is 0 Å². The number of benzene rings is 2. The Bertz CT molecular complexity index is 1060. The van der Waals surface area contributed by atoms with Crippen molar-refractivity contribution in [2.45, 2.75) is 19.5 Å². The molecule has 1 heterocycles. The first kappa shape index (κ1) is 20.1. The van der Waals surface area contributed by atoms with E-state index in [1.165, 1.54) is 31.4 Å². The molecule has 8 nitrogen and oxygen atoms in total. The standard InChI is InChI=1S/C20H20FN3O5/c1-12(16-10-15(27-2)8-9-17(16)28-3)22-18(25)11-24-20(26)29-19(23-24)13-4-6-14(21)7-5-13/h4-10,12H,11H2,1-3H3,(H,22,25)/t12-/m0/s1. The second-order valence-electron chi connectivity index (χ2n) is 6.23. The van der Waals surface area contributed by atoms with Gasteiger partial charge in [-0.2, -0.15) is 4.68 Å². The average molecular weight is 401 g/mol. The maximum absolute atomic E-state index is 13.0. The normalized spacial score (nSPS) is 11.7. The number of methoxy groups -OCH3 is 2. The van der Waals surface area contributed by atoms with E-state index in [9.17, 15) is 14.0 Å². The number of carbonyl (C=O) groups is 1. The fourth-order valence-corrected chi connectivity index (χ4v) is 2.79. The van der Waals surface area contributed by atoms with Gasteiger partial charge in [0.05, 0.1) is 20.3 Å². The van der Waals surface area contributed by atoms with Gasteiger partial charge in [0.25, 0.3) is 0 Å². The van der Waals surface area contributed by atoms with Gasteiger partial charge in [-0.15, -0.1) is 5.10 Å². The van der Waals surface area contributed by atoms with Gasteiger partial charge >= 0.3 is 5.76 Å². The number of hydrogen-bond acceptors (Lipinski definition) is 6. The molecule has 0 fully saturated rings. The molecule has 1 aromatic heterocycles. The lowest BCUT2D eigenvalue weighted by molar-refractivity contribution is -0.122. The highest BCUT2D eigenvalue weighted by atomic mass is 19.1. The van der Waals surface area contributed by atoms with E-state index < -0.39 is 23.5 Å². The van der Waals surface area contributed by atoms with Crippen LogP contribution in [0.3, 0.4) is 0 Å². The first-order chi connectivity index (χ1) is 13.9. The Hall–Kier alpha value is -3.62. The molecule has 0 aliphatic rings. The third kappa shape index (κ3) is 4.63. The zero-order valence-electron chi connectivity index (χ0n) is 16.1. The van der Waals surface area contributed by atoms with Crippen molar-refractivity contribution in [3.05, 3.63) is 64.4 Å². The van der Waals surface area contributed by atoms with Crippen LogP contribution in [0.5, 0.6) is 11.5 Å². The molecule has 1 atom stereocenters. The number of amides is 1. The van der Waals surface area contributed by atoms with E-state index in [1.54, 1.807) is 32.2 Å². The lowest BCUT2D eigenvalue weighted by Gasteiger charge is -2.18. The molecule has 152 valence electrons. The van der Waals surface area contributed by atoms with Gasteiger partial charge in [-0.1, -0.05) is 0 Å². The van der Waals surface area contributed by atoms with Crippen LogP contribution in [0.2, 0.25) is 0 Å². The second-order valence-corrected chi connectivity index (χ2v) is 6.23. The van der Waals surface area contributed by atoms with E-state index in [2.05, 4.69) is 10.4 Å². The third-order valence-corrected chi connectivity index (χ3v) is 4.27. The molecular formula is C20H20FN3O5. The molecule has 0 spiro atoms. The second kappa shape index (κ2) is 8.59. The number of nitrogens with one attached hydrogen (secondary N) is 1. The SMILES string of the molecule is COc1ccc(OC)c([C@H](C)NC(=O)Cn2nc(-c3ccc(F)cc3)oc2=O)c1. The molecular weight excluding hydrogens is 381 g/mol. The predicted octanol–water partition coefficient (Wildman–Crippen LogP) is 2.54. The van der Waals surface area contributed by atoms with Crippen LogP contribution in [0.25, 0.3) is 11.5 Å². The van der Waals surface area contributed by atoms with Crippen LogP contribution < -0.4 is 20.5 Å². The highest BCUT2D eigenvalue weighted by Crippen LogP contribution is 2.29. The lowest BCUT2D eigenvalue weighted by Crippen LogP contribution is -2.33. The average Bonchev–Trinajstić information content (AvgIpc) is 3.07. The monoisotopic (exact) mass is 401 g/mol. The van der Waals surface area contributed by atoms with E-state index in [1.807, 2.05) is 0 Å². The summed E-state index contributed by atoms with van der Waals surface area (Å²) in [5, 5.41) is 6.79. The van der Waals surface area contributed by atoms with Crippen LogP contribution in [-0.2, 0) is 11.3 Å². The molecule has 0 bridgehead atoms. The smallest absolute Gasteiger partial charge is 0.437 e. The quantitative estimate of drug-likeness (QED) is 0.654. The molecule has 0 unspecified atom stereocenters. The van der Waals surface area contributed by atoms with Crippen LogP contribution in [0.15, 0.2) is 51.7 Å². The van der Waals surface area contributed by atoms with Gasteiger partial charge < -0.3 is 19.2 Å². The number of carbonyl (C=O) groups excluding carboxylic acids is 1. The van der Waals surface area contributed by atoms with Crippen LogP contribution >= 0.6 is 0 Å². The zero-order chi connectivity index (χ0) is 21.0. The Morgan fingerprint density at radius 2 is 1.93 bits per heavy atom. The maximum atomic E-state index is 13.0. The first-order valence-corrected chi connectivity index (χ1v) is 8.76. The Morgan fingerprint density at radius 3 is 2.59 bits per heavy atom. The predicted molar refractivity (Wildman–Crippen MR) is 102 cm³/mol. The molecule has 0 aliphatic carbocycles. The summed E-state index contributed by atoms with van der Waals surface area (Å²) in [6.07, 6.45) is 0. The molecule has 1 N–H and O–H groups in total. The minimum atomic E-state index is -0.786. The Labute approximate surface area is 165 Å². The minimum Gasteiger partial charge on any atom is -0.497 e. The summed E-state index contributed by atoms with van der Waals surface area (Å²) in [7, 11) is 3.08. The van der Waals surface area contributed by atoms with Crippen molar-refractivity contribution in [3.8, 4) is 23.0 Å². The molecule has 2 aromatic carbocycles. The highest BCUT2D eigenvalue weighted by molar-refractivity contribution is 5.76. The highest BCUT2D eigenvalue weighted by Gasteiger charge is 2.18. The number of nitrogens with zero attached hydrogens (tertiary/aromatic N) is 2. The van der Waals surface area contributed by atoms with Crippen molar-refractivity contribution in [1.82, 2.24) is 15.1 Å². The van der Waals surface area contributed by atoms with Gasteiger partial charge in [-0.25, -0.2) is 9.18 Å². The molecule has 3 aromatic rings. The fraction of sp³-hybridized carbons (Fsp3) is 0.250. The van der Waals surface area contributed by atoms with Gasteiger partial charge in [0, 0.05) is 11.1 Å². The van der Waals surface area contributed by atoms with Crippen LogP contribution in [0.1, 0.15) is 18.5 Å². The summed E-state index contributed by atoms with van der Waals surface area (Å²) in [6.45, 7) is 1.45. The molecule has 3 rings (SSSR count). The summed E-state index contributed by atoms with van der Waals surface area (Å²) < 4.78 is 29.5. The first-order valence-electron chi connectivity index (χ1n) is 8.76. The molecule has 0 saturated carbocycles. The van der Waals surface area contributed by atoms with Gasteiger partial charge in [-0.05, 0) is 49.4 Å². The van der Waals surface area contributed by atoms with Crippen molar-refractivity contribution in [2.24, 2.45) is 0 Å². The van der Waals surface area contributed by atoms with E-state index in [0.29, 0.717) is 17.1 Å². The minimum absolute atomic E-state index is 0.00492. The summed E-state index contributed by atoms with van der Waals surface area (Å²) in [6, 6.07) is 10.2. The van der Waals surface area contributed by atoms with Crippen molar-refractivity contribution < 1.29 is 23.1 Å². The number of aromatic nitrogens is 2. The maximum Gasteiger partial charge on any atom is 0.437 e. The number of hydrogen-bond donors (Lipinski definition) is 1. The molecule has 0 aliphatic heterocycles. The number of halogens is 1. The molecule has 1 amide bonds. The number of ether oxygens (including phenoxy) is 2. The van der Waals surface area contributed by atoms with Gasteiger partial charge in [-0.3, -0.25) is 4.79 Å². The summed E-state index contributed by atoms with van der Waals surface area (Å²) in [5.41, 5.74) is 1.15. The summed E-state index contributed by atoms with van der Waals surface area (Å²) in [4.78, 5) is 24.4. The Balaban J connectivity index is 1.73. The van der Waals surface area contributed by atoms with Crippen LogP contribution in [-0.4, -0.2) is 29.9 Å². The van der Waals surface area contributed by atoms with Crippen molar-refractivity contribution >= 4 is 5.91 Å². The Morgan fingerprint density at radius 1 is 1.21 bits per heavy atom. The van der Waals surface area contributed by atoms with E-state index in [-0.39, 0.29) is 12.4 Å². The topological polar surface area (TPSA) is 95.6 Å². The van der Waals surface area contributed by atoms with Crippen LogP contribution in [0.4, 0.5) is 4.39 Å². The van der Waals surface area contributed by atoms with Gasteiger partial charge in [0.2, 0.25) is 11.8 Å². The summed E-state index contributed by atoms with van der Waals surface area (Å²) in [5.74, 6) is -0.425. The van der Waals surface area contributed by atoms with Crippen molar-refractivity contribution in [1.29, 1.82) is 0 Å².